The number of rotatable bonds is 4. The highest BCUT2D eigenvalue weighted by Gasteiger charge is 2.49. The molecule has 2 heterocycles. The third kappa shape index (κ3) is 4.75. The molecule has 2 amide bonds. The Morgan fingerprint density at radius 1 is 1.11 bits per heavy atom. The summed E-state index contributed by atoms with van der Waals surface area (Å²) in [6.07, 6.45) is 4.78. The van der Waals surface area contributed by atoms with Gasteiger partial charge in [0.1, 0.15) is 6.04 Å². The van der Waals surface area contributed by atoms with Gasteiger partial charge in [0.25, 0.3) is 0 Å². The van der Waals surface area contributed by atoms with Crippen LogP contribution in [0.4, 0.5) is 18.9 Å². The van der Waals surface area contributed by atoms with Crippen LogP contribution in [-0.2, 0) is 15.8 Å². The molecule has 3 fully saturated rings. The van der Waals surface area contributed by atoms with Crippen LogP contribution in [-0.4, -0.2) is 48.4 Å². The number of hydrogen-bond acceptors (Lipinski definition) is 4. The maximum Gasteiger partial charge on any atom is 0.417 e. The first-order chi connectivity index (χ1) is 16.7. The van der Waals surface area contributed by atoms with Crippen molar-refractivity contribution in [2.75, 3.05) is 24.5 Å². The van der Waals surface area contributed by atoms with Crippen LogP contribution in [0.2, 0.25) is 0 Å². The summed E-state index contributed by atoms with van der Waals surface area (Å²) < 4.78 is 40.9. The highest BCUT2D eigenvalue weighted by atomic mass is 19.4. The van der Waals surface area contributed by atoms with E-state index in [9.17, 15) is 22.8 Å². The predicted molar refractivity (Wildman–Crippen MR) is 123 cm³/mol. The molecule has 0 radical (unpaired) electrons. The van der Waals surface area contributed by atoms with Crippen molar-refractivity contribution in [2.45, 2.75) is 63.2 Å². The number of piperidine rings is 1. The molecule has 5 rings (SSSR count). The monoisotopic (exact) mass is 486 g/mol. The molecular weight excluding hydrogens is 457 g/mol. The number of likely N-dealkylation sites (tertiary alicyclic amines) is 1. The third-order valence-electron chi connectivity index (χ3n) is 7.99. The second-order valence-electron chi connectivity index (χ2n) is 10.4. The smallest absolute Gasteiger partial charge is 0.359 e. The van der Waals surface area contributed by atoms with Gasteiger partial charge in [0.15, 0.2) is 0 Å². The number of anilines is 1. The van der Waals surface area contributed by atoms with Gasteiger partial charge in [-0.1, -0.05) is 12.2 Å². The van der Waals surface area contributed by atoms with E-state index in [1.807, 2.05) is 17.1 Å². The number of allylic oxidation sites excluding steroid dienone is 2. The van der Waals surface area contributed by atoms with Crippen molar-refractivity contribution in [1.82, 2.24) is 10.2 Å². The Morgan fingerprint density at radius 3 is 2.40 bits per heavy atom. The fourth-order valence-electron chi connectivity index (χ4n) is 5.77. The van der Waals surface area contributed by atoms with E-state index in [1.165, 1.54) is 12.1 Å². The van der Waals surface area contributed by atoms with Gasteiger partial charge in [-0.05, 0) is 68.6 Å². The molecule has 0 aromatic heterocycles. The molecule has 9 heteroatoms. The van der Waals surface area contributed by atoms with E-state index < -0.39 is 23.3 Å². The molecule has 0 bridgehead atoms. The molecule has 1 atom stereocenters. The first-order valence-corrected chi connectivity index (χ1v) is 12.3. The quantitative estimate of drug-likeness (QED) is 0.653. The van der Waals surface area contributed by atoms with E-state index in [1.54, 1.807) is 11.0 Å². The molecule has 186 valence electrons. The van der Waals surface area contributed by atoms with Crippen LogP contribution in [0.3, 0.4) is 0 Å². The number of carbonyl (C=O) groups excluding carboxylic acids is 2. The summed E-state index contributed by atoms with van der Waals surface area (Å²) in [6, 6.07) is 4.89. The number of nitrogens with one attached hydrogen (secondary N) is 1. The molecule has 4 aliphatic rings. The van der Waals surface area contributed by atoms with E-state index in [-0.39, 0.29) is 29.2 Å². The van der Waals surface area contributed by atoms with Crippen molar-refractivity contribution in [1.29, 1.82) is 5.26 Å². The van der Waals surface area contributed by atoms with Crippen molar-refractivity contribution in [3.63, 3.8) is 0 Å². The van der Waals surface area contributed by atoms with Crippen molar-refractivity contribution in [3.8, 4) is 6.07 Å². The summed E-state index contributed by atoms with van der Waals surface area (Å²) in [5.74, 6) is 0.0307. The van der Waals surface area contributed by atoms with Gasteiger partial charge in [-0.15, -0.1) is 0 Å². The average molecular weight is 487 g/mol. The van der Waals surface area contributed by atoms with Crippen LogP contribution < -0.4 is 10.2 Å². The molecule has 1 saturated carbocycles. The highest BCUT2D eigenvalue weighted by molar-refractivity contribution is 5.87. The molecule has 1 spiro atoms. The zero-order valence-electron chi connectivity index (χ0n) is 19.5. The zero-order valence-corrected chi connectivity index (χ0v) is 19.5. The Morgan fingerprint density at radius 2 is 1.80 bits per heavy atom. The summed E-state index contributed by atoms with van der Waals surface area (Å²) in [5.41, 5.74) is -1.35. The zero-order chi connectivity index (χ0) is 24.8. The maximum atomic E-state index is 13.6. The largest absolute Gasteiger partial charge is 0.417 e. The Labute approximate surface area is 202 Å². The minimum Gasteiger partial charge on any atom is -0.359 e. The highest BCUT2D eigenvalue weighted by Crippen LogP contribution is 2.46. The summed E-state index contributed by atoms with van der Waals surface area (Å²) >= 11 is 0. The number of carbonyl (C=O) groups is 2. The van der Waals surface area contributed by atoms with E-state index in [4.69, 9.17) is 5.26 Å². The van der Waals surface area contributed by atoms with Gasteiger partial charge in [-0.2, -0.15) is 18.4 Å². The normalized spacial score (nSPS) is 24.1. The molecule has 1 unspecified atom stereocenters. The van der Waals surface area contributed by atoms with Gasteiger partial charge in [0.2, 0.25) is 11.8 Å². The van der Waals surface area contributed by atoms with Gasteiger partial charge in [0.05, 0.1) is 17.2 Å². The Kier molecular flexibility index (Phi) is 6.02. The van der Waals surface area contributed by atoms with Crippen LogP contribution >= 0.6 is 0 Å². The molecule has 2 saturated heterocycles. The van der Waals surface area contributed by atoms with Gasteiger partial charge < -0.3 is 15.1 Å². The lowest BCUT2D eigenvalue weighted by Crippen LogP contribution is -2.46. The number of alkyl halides is 3. The minimum atomic E-state index is -4.66. The summed E-state index contributed by atoms with van der Waals surface area (Å²) in [4.78, 5) is 29.7. The van der Waals surface area contributed by atoms with E-state index >= 15 is 0 Å². The number of nitriles is 1. The van der Waals surface area contributed by atoms with E-state index in [0.717, 1.165) is 31.7 Å². The Balaban J connectivity index is 1.38. The summed E-state index contributed by atoms with van der Waals surface area (Å²) in [7, 11) is 0. The first-order valence-electron chi connectivity index (χ1n) is 12.3. The van der Waals surface area contributed by atoms with Crippen LogP contribution in [0, 0.1) is 22.7 Å². The summed E-state index contributed by atoms with van der Waals surface area (Å²) in [6.45, 7) is 1.65. The number of benzene rings is 1. The second kappa shape index (κ2) is 8.89. The molecule has 6 nitrogen and oxygen atoms in total. The number of nitrogens with zero attached hydrogens (tertiary/aromatic N) is 3. The standard InChI is InChI=1S/C26H29F3N4O2/c27-26(28,29)21-13-20(8-5-18(21)15-30)33-16-25(14-22(33)23(34)31-19-6-7-19)9-11-32(12-10-25)24(35)17-3-1-2-4-17/h1-2,5,8,13,17,19,22H,3-4,6-7,9-12,14,16H2,(H,31,34). The minimum absolute atomic E-state index is 0.0145. The van der Waals surface area contributed by atoms with Crippen LogP contribution in [0.15, 0.2) is 30.4 Å². The topological polar surface area (TPSA) is 76.4 Å². The molecule has 2 aliphatic heterocycles. The average Bonchev–Trinajstić information content (AvgIpc) is 3.33. The number of hydrogen-bond donors (Lipinski definition) is 1. The van der Waals surface area contributed by atoms with Crippen molar-refractivity contribution < 1.29 is 22.8 Å². The van der Waals surface area contributed by atoms with E-state index in [0.29, 0.717) is 44.6 Å². The van der Waals surface area contributed by atoms with Gasteiger partial charge in [0, 0.05) is 37.3 Å². The molecular formula is C26H29F3N4O2. The molecule has 35 heavy (non-hydrogen) atoms. The van der Waals surface area contributed by atoms with Crippen molar-refractivity contribution in [2.24, 2.45) is 11.3 Å². The fourth-order valence-corrected chi connectivity index (χ4v) is 5.77. The van der Waals surface area contributed by atoms with Gasteiger partial charge in [-0.3, -0.25) is 9.59 Å². The van der Waals surface area contributed by atoms with Gasteiger partial charge in [-0.25, -0.2) is 0 Å². The SMILES string of the molecule is N#Cc1ccc(N2CC3(CCN(C(=O)C4CC=CC4)CC3)CC2C(=O)NC2CC2)cc1C(F)(F)F. The van der Waals surface area contributed by atoms with Crippen molar-refractivity contribution in [3.05, 3.63) is 41.5 Å². The first kappa shape index (κ1) is 23.7. The molecule has 1 aromatic carbocycles. The fraction of sp³-hybridized carbons (Fsp3) is 0.577. The van der Waals surface area contributed by atoms with Crippen LogP contribution in [0.1, 0.15) is 56.1 Å². The lowest BCUT2D eigenvalue weighted by molar-refractivity contribution is -0.138. The molecule has 1 aromatic rings. The van der Waals surface area contributed by atoms with E-state index in [2.05, 4.69) is 5.32 Å². The molecule has 2 aliphatic carbocycles. The Bertz CT molecular complexity index is 1070. The number of amides is 2. The second-order valence-corrected chi connectivity index (χ2v) is 10.4. The lowest BCUT2D eigenvalue weighted by atomic mass is 9.76. The predicted octanol–water partition coefficient (Wildman–Crippen LogP) is 4.01. The Hall–Kier alpha value is -3.02. The molecule has 1 N–H and O–H groups in total. The summed E-state index contributed by atoms with van der Waals surface area (Å²) in [5, 5.41) is 12.2. The third-order valence-corrected chi connectivity index (χ3v) is 7.99. The lowest BCUT2D eigenvalue weighted by Gasteiger charge is -2.40. The van der Waals surface area contributed by atoms with Crippen LogP contribution in [0.25, 0.3) is 0 Å². The van der Waals surface area contributed by atoms with Gasteiger partial charge >= 0.3 is 6.18 Å². The van der Waals surface area contributed by atoms with Crippen molar-refractivity contribution >= 4 is 17.5 Å². The number of halogens is 3. The maximum absolute atomic E-state index is 13.6. The van der Waals surface area contributed by atoms with Crippen LogP contribution in [0.5, 0.6) is 0 Å².